The molecule has 1 N–H and O–H groups in total. The van der Waals surface area contributed by atoms with Gasteiger partial charge in [-0.1, -0.05) is 31.0 Å². The Morgan fingerprint density at radius 1 is 1.30 bits per heavy atom. The fourth-order valence-electron chi connectivity index (χ4n) is 5.62. The molecule has 0 saturated carbocycles. The average Bonchev–Trinajstić information content (AvgIpc) is 3.55. The molecule has 2 fully saturated rings. The number of thiophene rings is 1. The van der Waals surface area contributed by atoms with Crippen molar-refractivity contribution in [3.8, 4) is 0 Å². The van der Waals surface area contributed by atoms with E-state index in [2.05, 4.69) is 39.1 Å². The lowest BCUT2D eigenvalue weighted by atomic mass is 10.0. The van der Waals surface area contributed by atoms with Gasteiger partial charge in [0, 0.05) is 42.7 Å². The minimum atomic E-state index is -0.459. The zero-order valence-corrected chi connectivity index (χ0v) is 22.9. The van der Waals surface area contributed by atoms with Gasteiger partial charge in [0.25, 0.3) is 0 Å². The molecule has 2 aliphatic rings. The summed E-state index contributed by atoms with van der Waals surface area (Å²) in [7, 11) is 2.22. The number of benzene rings is 1. The van der Waals surface area contributed by atoms with E-state index in [-0.39, 0.29) is 10.8 Å². The Bertz CT molecular complexity index is 1310. The Morgan fingerprint density at radius 3 is 2.95 bits per heavy atom. The maximum Gasteiger partial charge on any atom is 0.155 e. The summed E-state index contributed by atoms with van der Waals surface area (Å²) in [6, 6.07) is 5.20. The van der Waals surface area contributed by atoms with Crippen LogP contribution in [0.2, 0.25) is 5.02 Å². The van der Waals surface area contributed by atoms with E-state index in [9.17, 15) is 9.18 Å². The first-order chi connectivity index (χ1) is 17.9. The standard InChI is InChI=1S/C28H33ClFN5OS/c1-3-5-21-25(10-8-20(36)6-4-12-35-15-18-11-13-34(2)24(18)16-35)37-28-26(21)27(31-17-32-28)33-19-7-9-23(30)22(29)14-19/h4,6-7,9,14,17-18,24H,3,5,8,10-13,15-16H2,1-2H3,(H,31,32,33)/b6-4+. The number of carbonyl (C=O) groups excluding carboxylic acids is 1. The number of fused-ring (bicyclic) bond motifs is 2. The molecule has 2 aliphatic heterocycles. The summed E-state index contributed by atoms with van der Waals surface area (Å²) in [5, 5.41) is 4.31. The number of allylic oxidation sites excluding steroid dienone is 1. The molecule has 0 bridgehead atoms. The second kappa shape index (κ2) is 11.6. The maximum absolute atomic E-state index is 13.6. The summed E-state index contributed by atoms with van der Waals surface area (Å²) in [5.74, 6) is 1.15. The topological polar surface area (TPSA) is 61.4 Å². The Hall–Kier alpha value is -2.39. The predicted molar refractivity (Wildman–Crippen MR) is 150 cm³/mol. The van der Waals surface area contributed by atoms with Crippen LogP contribution in [0.15, 0.2) is 36.7 Å². The lowest BCUT2D eigenvalue weighted by Gasteiger charge is -2.19. The van der Waals surface area contributed by atoms with Gasteiger partial charge >= 0.3 is 0 Å². The zero-order valence-electron chi connectivity index (χ0n) is 21.3. The number of hydrogen-bond acceptors (Lipinski definition) is 7. The molecule has 37 heavy (non-hydrogen) atoms. The fraction of sp³-hybridized carbons (Fsp3) is 0.464. The second-order valence-corrected chi connectivity index (χ2v) is 11.6. The van der Waals surface area contributed by atoms with Crippen LogP contribution < -0.4 is 5.32 Å². The molecule has 0 radical (unpaired) electrons. The number of carbonyl (C=O) groups is 1. The molecule has 9 heteroatoms. The summed E-state index contributed by atoms with van der Waals surface area (Å²) >= 11 is 7.59. The van der Waals surface area contributed by atoms with Crippen molar-refractivity contribution in [1.29, 1.82) is 0 Å². The van der Waals surface area contributed by atoms with Crippen molar-refractivity contribution in [2.24, 2.45) is 5.92 Å². The average molecular weight is 542 g/mol. The van der Waals surface area contributed by atoms with E-state index >= 15 is 0 Å². The molecule has 0 aliphatic carbocycles. The number of aromatic nitrogens is 2. The van der Waals surface area contributed by atoms with Crippen LogP contribution in [0, 0.1) is 11.7 Å². The van der Waals surface area contributed by atoms with Crippen molar-refractivity contribution in [2.45, 2.75) is 45.1 Å². The normalized spacial score (nSPS) is 20.3. The molecule has 3 aromatic rings. The maximum atomic E-state index is 13.6. The highest BCUT2D eigenvalue weighted by atomic mass is 35.5. The molecule has 0 amide bonds. The molecule has 4 heterocycles. The number of ketones is 1. The van der Waals surface area contributed by atoms with Crippen LogP contribution in [0.5, 0.6) is 0 Å². The van der Waals surface area contributed by atoms with Gasteiger partial charge < -0.3 is 10.2 Å². The van der Waals surface area contributed by atoms with Gasteiger partial charge in [0.15, 0.2) is 5.78 Å². The number of hydrogen-bond donors (Lipinski definition) is 1. The van der Waals surface area contributed by atoms with Gasteiger partial charge in [0.05, 0.1) is 10.4 Å². The molecule has 2 aromatic heterocycles. The van der Waals surface area contributed by atoms with E-state index in [1.807, 2.05) is 6.08 Å². The molecule has 6 nitrogen and oxygen atoms in total. The van der Waals surface area contributed by atoms with E-state index in [4.69, 9.17) is 11.6 Å². The van der Waals surface area contributed by atoms with Gasteiger partial charge in [-0.3, -0.25) is 9.69 Å². The van der Waals surface area contributed by atoms with Crippen molar-refractivity contribution in [2.75, 3.05) is 38.5 Å². The number of nitrogens with one attached hydrogen (secondary N) is 1. The molecule has 2 saturated heterocycles. The third-order valence-electron chi connectivity index (χ3n) is 7.52. The third kappa shape index (κ3) is 5.87. The van der Waals surface area contributed by atoms with Crippen molar-refractivity contribution in [3.05, 3.63) is 58.0 Å². The van der Waals surface area contributed by atoms with E-state index in [1.165, 1.54) is 35.8 Å². The van der Waals surface area contributed by atoms with Crippen molar-refractivity contribution in [1.82, 2.24) is 19.8 Å². The molecular weight excluding hydrogens is 509 g/mol. The van der Waals surface area contributed by atoms with Gasteiger partial charge in [0.1, 0.15) is 22.8 Å². The van der Waals surface area contributed by atoms with Gasteiger partial charge in [-0.05, 0) is 68.6 Å². The first-order valence-corrected chi connectivity index (χ1v) is 14.2. The first kappa shape index (κ1) is 26.2. The van der Waals surface area contributed by atoms with Crippen LogP contribution in [-0.2, 0) is 17.6 Å². The Balaban J connectivity index is 1.25. The van der Waals surface area contributed by atoms with Gasteiger partial charge in [-0.25, -0.2) is 14.4 Å². The SMILES string of the molecule is CCCc1c(CCC(=O)/C=C/CN2CC3CCN(C)C3C2)sc2ncnc(Nc3ccc(F)c(Cl)c3)c12. The van der Waals surface area contributed by atoms with Gasteiger partial charge in [-0.2, -0.15) is 0 Å². The van der Waals surface area contributed by atoms with E-state index in [0.717, 1.165) is 48.6 Å². The van der Waals surface area contributed by atoms with Crippen LogP contribution in [0.4, 0.5) is 15.9 Å². The first-order valence-electron chi connectivity index (χ1n) is 13.0. The van der Waals surface area contributed by atoms with Crippen LogP contribution in [0.25, 0.3) is 10.2 Å². The summed E-state index contributed by atoms with van der Waals surface area (Å²) in [4.78, 5) is 28.7. The Labute approximate surface area is 226 Å². The highest BCUT2D eigenvalue weighted by molar-refractivity contribution is 7.19. The van der Waals surface area contributed by atoms with E-state index < -0.39 is 5.82 Å². The number of rotatable bonds is 10. The number of halogens is 2. The van der Waals surface area contributed by atoms with E-state index in [1.54, 1.807) is 29.5 Å². The third-order valence-corrected chi connectivity index (χ3v) is 9.01. The predicted octanol–water partition coefficient (Wildman–Crippen LogP) is 5.87. The fourth-order valence-corrected chi connectivity index (χ4v) is 6.99. The van der Waals surface area contributed by atoms with Crippen LogP contribution in [0.3, 0.4) is 0 Å². The summed E-state index contributed by atoms with van der Waals surface area (Å²) in [6.07, 6.45) is 9.60. The minimum Gasteiger partial charge on any atom is -0.340 e. The van der Waals surface area contributed by atoms with E-state index in [0.29, 0.717) is 30.4 Å². The molecule has 2 atom stereocenters. The van der Waals surface area contributed by atoms with Crippen LogP contribution >= 0.6 is 22.9 Å². The number of nitrogens with zero attached hydrogens (tertiary/aromatic N) is 4. The molecule has 1 aromatic carbocycles. The summed E-state index contributed by atoms with van der Waals surface area (Å²) in [5.41, 5.74) is 1.85. The number of anilines is 2. The highest BCUT2D eigenvalue weighted by Crippen LogP contribution is 2.37. The summed E-state index contributed by atoms with van der Waals surface area (Å²) < 4.78 is 13.6. The molecular formula is C28H33ClFN5OS. The lowest BCUT2D eigenvalue weighted by molar-refractivity contribution is -0.114. The smallest absolute Gasteiger partial charge is 0.155 e. The second-order valence-electron chi connectivity index (χ2n) is 10.1. The quantitative estimate of drug-likeness (QED) is 0.324. The van der Waals surface area contributed by atoms with Crippen molar-refractivity contribution in [3.63, 3.8) is 0 Å². The monoisotopic (exact) mass is 541 g/mol. The Morgan fingerprint density at radius 2 is 2.16 bits per heavy atom. The van der Waals surface area contributed by atoms with Gasteiger partial charge in [-0.15, -0.1) is 11.3 Å². The number of aryl methyl sites for hydroxylation is 2. The summed E-state index contributed by atoms with van der Waals surface area (Å²) in [6.45, 7) is 6.43. The highest BCUT2D eigenvalue weighted by Gasteiger charge is 2.38. The van der Waals surface area contributed by atoms with Crippen molar-refractivity contribution >= 4 is 50.4 Å². The van der Waals surface area contributed by atoms with Gasteiger partial charge in [0.2, 0.25) is 0 Å². The van der Waals surface area contributed by atoms with Crippen LogP contribution in [-0.4, -0.2) is 64.8 Å². The lowest BCUT2D eigenvalue weighted by Crippen LogP contribution is -2.32. The Kier molecular flexibility index (Phi) is 8.19. The number of likely N-dealkylation sites (tertiary alicyclic amines) is 2. The largest absolute Gasteiger partial charge is 0.340 e. The molecule has 0 spiro atoms. The molecule has 196 valence electrons. The molecule has 2 unspecified atom stereocenters. The molecule has 5 rings (SSSR count). The number of likely N-dealkylation sites (N-methyl/N-ethyl adjacent to an activating group) is 1. The van der Waals surface area contributed by atoms with Crippen LogP contribution in [0.1, 0.15) is 36.6 Å². The van der Waals surface area contributed by atoms with Crippen molar-refractivity contribution < 1.29 is 9.18 Å². The minimum absolute atomic E-state index is 0.0570. The zero-order chi connectivity index (χ0) is 25.9.